The molecule has 72 valence electrons. The summed E-state index contributed by atoms with van der Waals surface area (Å²) in [5, 5.41) is 9.72. The Morgan fingerprint density at radius 1 is 1.69 bits per heavy atom. The van der Waals surface area contributed by atoms with E-state index >= 15 is 0 Å². The maximum absolute atomic E-state index is 10.8. The second-order valence-corrected chi connectivity index (χ2v) is 3.23. The van der Waals surface area contributed by atoms with Crippen molar-refractivity contribution in [1.82, 2.24) is 0 Å². The molecule has 1 unspecified atom stereocenters. The molecule has 0 aromatic carbocycles. The summed E-state index contributed by atoms with van der Waals surface area (Å²) in [5.74, 6) is -2.14. The van der Waals surface area contributed by atoms with Crippen molar-refractivity contribution in [3.05, 3.63) is 11.6 Å². The van der Waals surface area contributed by atoms with Gasteiger partial charge in [0.25, 0.3) is 0 Å². The third kappa shape index (κ3) is 2.15. The van der Waals surface area contributed by atoms with E-state index in [1.807, 2.05) is 0 Å². The zero-order chi connectivity index (χ0) is 10.1. The standard InChI is InChI=1S/C9H12O4/c1-6-5-8(11)13-9(6,12)4-3-7(2)10/h5,12H,3-4H2,1-2H3. The lowest BCUT2D eigenvalue weighted by Crippen LogP contribution is -2.31. The third-order valence-corrected chi connectivity index (χ3v) is 2.04. The molecular formula is C9H12O4. The fourth-order valence-electron chi connectivity index (χ4n) is 1.16. The van der Waals surface area contributed by atoms with Crippen LogP contribution in [-0.4, -0.2) is 22.6 Å². The molecule has 1 atom stereocenters. The van der Waals surface area contributed by atoms with Gasteiger partial charge in [-0.1, -0.05) is 0 Å². The Kier molecular flexibility index (Phi) is 2.52. The van der Waals surface area contributed by atoms with Gasteiger partial charge in [-0.05, 0) is 13.8 Å². The number of rotatable bonds is 3. The molecule has 0 aromatic heterocycles. The van der Waals surface area contributed by atoms with Crippen molar-refractivity contribution in [2.75, 3.05) is 0 Å². The van der Waals surface area contributed by atoms with Crippen LogP contribution in [0.25, 0.3) is 0 Å². The largest absolute Gasteiger partial charge is 0.426 e. The Morgan fingerprint density at radius 3 is 2.69 bits per heavy atom. The van der Waals surface area contributed by atoms with Crippen LogP contribution < -0.4 is 0 Å². The van der Waals surface area contributed by atoms with Crippen LogP contribution >= 0.6 is 0 Å². The van der Waals surface area contributed by atoms with E-state index in [9.17, 15) is 14.7 Å². The first kappa shape index (κ1) is 9.92. The van der Waals surface area contributed by atoms with Gasteiger partial charge in [-0.2, -0.15) is 0 Å². The van der Waals surface area contributed by atoms with Crippen LogP contribution in [0.1, 0.15) is 26.7 Å². The summed E-state index contributed by atoms with van der Waals surface area (Å²) in [6, 6.07) is 0. The van der Waals surface area contributed by atoms with Crippen LogP contribution in [0.4, 0.5) is 0 Å². The Hall–Kier alpha value is -1.16. The van der Waals surface area contributed by atoms with Crippen molar-refractivity contribution in [3.8, 4) is 0 Å². The van der Waals surface area contributed by atoms with Crippen molar-refractivity contribution < 1.29 is 19.4 Å². The number of ketones is 1. The highest BCUT2D eigenvalue weighted by Crippen LogP contribution is 2.29. The number of hydrogen-bond acceptors (Lipinski definition) is 4. The molecule has 0 aliphatic carbocycles. The van der Waals surface area contributed by atoms with Crippen molar-refractivity contribution >= 4 is 11.8 Å². The number of carbonyl (C=O) groups is 2. The van der Waals surface area contributed by atoms with Crippen LogP contribution in [0.15, 0.2) is 11.6 Å². The molecule has 0 radical (unpaired) electrons. The van der Waals surface area contributed by atoms with Crippen LogP contribution in [-0.2, 0) is 14.3 Å². The SMILES string of the molecule is CC(=O)CCC1(O)OC(=O)C=C1C. The number of aliphatic hydroxyl groups is 1. The van der Waals surface area contributed by atoms with Crippen LogP contribution in [0.3, 0.4) is 0 Å². The molecule has 1 N–H and O–H groups in total. The first-order chi connectivity index (χ1) is 5.94. The van der Waals surface area contributed by atoms with Gasteiger partial charge < -0.3 is 14.6 Å². The minimum atomic E-state index is -1.55. The Morgan fingerprint density at radius 2 is 2.31 bits per heavy atom. The molecule has 0 aromatic rings. The van der Waals surface area contributed by atoms with Gasteiger partial charge in [-0.3, -0.25) is 0 Å². The highest BCUT2D eigenvalue weighted by atomic mass is 16.7. The van der Waals surface area contributed by atoms with E-state index in [0.29, 0.717) is 5.57 Å². The third-order valence-electron chi connectivity index (χ3n) is 2.04. The molecule has 4 nitrogen and oxygen atoms in total. The lowest BCUT2D eigenvalue weighted by Gasteiger charge is -2.22. The number of esters is 1. The van der Waals surface area contributed by atoms with Crippen LogP contribution in [0.2, 0.25) is 0 Å². The summed E-state index contributed by atoms with van der Waals surface area (Å²) in [4.78, 5) is 21.4. The first-order valence-corrected chi connectivity index (χ1v) is 4.07. The lowest BCUT2D eigenvalue weighted by atomic mass is 10.0. The predicted molar refractivity (Wildman–Crippen MR) is 44.7 cm³/mol. The quantitative estimate of drug-likeness (QED) is 0.650. The summed E-state index contributed by atoms with van der Waals surface area (Å²) in [6.45, 7) is 3.03. The van der Waals surface area contributed by atoms with Gasteiger partial charge in [0.2, 0.25) is 5.79 Å². The van der Waals surface area contributed by atoms with Crippen LogP contribution in [0.5, 0.6) is 0 Å². The van der Waals surface area contributed by atoms with E-state index < -0.39 is 11.8 Å². The molecular weight excluding hydrogens is 172 g/mol. The number of ether oxygens (including phenoxy) is 1. The monoisotopic (exact) mass is 184 g/mol. The first-order valence-electron chi connectivity index (χ1n) is 4.07. The van der Waals surface area contributed by atoms with E-state index in [1.165, 1.54) is 13.0 Å². The fraction of sp³-hybridized carbons (Fsp3) is 0.556. The smallest absolute Gasteiger partial charge is 0.333 e. The number of carbonyl (C=O) groups excluding carboxylic acids is 2. The van der Waals surface area contributed by atoms with Gasteiger partial charge in [-0.25, -0.2) is 4.79 Å². The maximum atomic E-state index is 10.8. The number of cyclic esters (lactones) is 1. The van der Waals surface area contributed by atoms with E-state index in [2.05, 4.69) is 4.74 Å². The zero-order valence-corrected chi connectivity index (χ0v) is 7.66. The highest BCUT2D eigenvalue weighted by Gasteiger charge is 2.38. The van der Waals surface area contributed by atoms with Crippen LogP contribution in [0, 0.1) is 0 Å². The molecule has 13 heavy (non-hydrogen) atoms. The van der Waals surface area contributed by atoms with Crippen molar-refractivity contribution in [3.63, 3.8) is 0 Å². The summed E-state index contributed by atoms with van der Waals surface area (Å²) < 4.78 is 4.68. The summed E-state index contributed by atoms with van der Waals surface area (Å²) in [6.07, 6.45) is 1.57. The maximum Gasteiger partial charge on any atom is 0.333 e. The van der Waals surface area contributed by atoms with E-state index in [4.69, 9.17) is 0 Å². The normalized spacial score (nSPS) is 27.0. The summed E-state index contributed by atoms with van der Waals surface area (Å²) in [7, 11) is 0. The summed E-state index contributed by atoms with van der Waals surface area (Å²) >= 11 is 0. The Bertz CT molecular complexity index is 279. The Labute approximate surface area is 76.2 Å². The topological polar surface area (TPSA) is 63.6 Å². The van der Waals surface area contributed by atoms with Gasteiger partial charge in [0.05, 0.1) is 0 Å². The molecule has 1 aliphatic heterocycles. The number of hydrogen-bond donors (Lipinski definition) is 1. The zero-order valence-electron chi connectivity index (χ0n) is 7.66. The minimum absolute atomic E-state index is 0.0378. The van der Waals surface area contributed by atoms with Crippen molar-refractivity contribution in [2.45, 2.75) is 32.5 Å². The van der Waals surface area contributed by atoms with Crippen molar-refractivity contribution in [2.24, 2.45) is 0 Å². The van der Waals surface area contributed by atoms with Gasteiger partial charge in [0.15, 0.2) is 0 Å². The number of Topliss-reactive ketones (excluding diaryl/α,β-unsaturated/α-hetero) is 1. The lowest BCUT2D eigenvalue weighted by molar-refractivity contribution is -0.183. The molecule has 1 heterocycles. The molecule has 0 bridgehead atoms. The Balaban J connectivity index is 2.63. The average molecular weight is 184 g/mol. The predicted octanol–water partition coefficient (Wildman–Crippen LogP) is 0.547. The van der Waals surface area contributed by atoms with Crippen molar-refractivity contribution in [1.29, 1.82) is 0 Å². The second kappa shape index (κ2) is 3.30. The average Bonchev–Trinajstić information content (AvgIpc) is 2.23. The highest BCUT2D eigenvalue weighted by molar-refractivity contribution is 5.86. The molecule has 0 amide bonds. The fourth-order valence-corrected chi connectivity index (χ4v) is 1.16. The molecule has 0 fully saturated rings. The summed E-state index contributed by atoms with van der Waals surface area (Å²) in [5.41, 5.74) is 0.457. The van der Waals surface area contributed by atoms with Gasteiger partial charge in [0.1, 0.15) is 5.78 Å². The van der Waals surface area contributed by atoms with Gasteiger partial charge in [0, 0.05) is 24.5 Å². The molecule has 4 heteroatoms. The molecule has 0 spiro atoms. The van der Waals surface area contributed by atoms with Gasteiger partial charge in [-0.15, -0.1) is 0 Å². The minimum Gasteiger partial charge on any atom is -0.426 e. The molecule has 0 saturated heterocycles. The molecule has 1 rings (SSSR count). The van der Waals surface area contributed by atoms with E-state index in [1.54, 1.807) is 6.92 Å². The van der Waals surface area contributed by atoms with E-state index in [-0.39, 0.29) is 18.6 Å². The molecule has 1 aliphatic rings. The van der Waals surface area contributed by atoms with E-state index in [0.717, 1.165) is 0 Å². The second-order valence-electron chi connectivity index (χ2n) is 3.23. The molecule has 0 saturated carbocycles. The van der Waals surface area contributed by atoms with Gasteiger partial charge >= 0.3 is 5.97 Å².